The quantitative estimate of drug-likeness (QED) is 0.291. The zero-order valence-corrected chi connectivity index (χ0v) is 6.06. The maximum absolute atomic E-state index is 8.88. The Morgan fingerprint density at radius 3 is 1.50 bits per heavy atom. The van der Waals surface area contributed by atoms with Gasteiger partial charge in [-0.2, -0.15) is 0 Å². The monoisotopic (exact) mass is 135 g/mol. The van der Waals surface area contributed by atoms with Crippen LogP contribution in [0.15, 0.2) is 0 Å². The van der Waals surface area contributed by atoms with Gasteiger partial charge < -0.3 is 19.9 Å². The van der Waals surface area contributed by atoms with Gasteiger partial charge in [-0.15, -0.1) is 0 Å². The smallest absolute Gasteiger partial charge is 0.799 e. The largest absolute Gasteiger partial charge is 2.00 e. The first-order valence-electron chi connectivity index (χ1n) is 0.806. The van der Waals surface area contributed by atoms with Crippen molar-refractivity contribution in [1.82, 2.24) is 0 Å². The Kier molecular flexibility index (Phi) is 5.84. The first kappa shape index (κ1) is 10.4. The first-order valence-corrected chi connectivity index (χ1v) is 2.42. The van der Waals surface area contributed by atoms with Crippen molar-refractivity contribution in [2.45, 2.75) is 0 Å². The average molecular weight is 135 g/mol. The Hall–Kier alpha value is 1.37. The first-order chi connectivity index (χ1) is 2.00. The molecule has 0 aromatic heterocycles. The van der Waals surface area contributed by atoms with Crippen molar-refractivity contribution >= 4 is 45.5 Å². The van der Waals surface area contributed by atoms with Crippen LogP contribution in [0.25, 0.3) is 0 Å². The van der Waals surface area contributed by atoms with E-state index in [4.69, 9.17) is 14.4 Å². The molecule has 0 rings (SSSR count). The molecule has 0 bridgehead atoms. The molecule has 0 aliphatic carbocycles. The predicted octanol–water partition coefficient (Wildman–Crippen LogP) is -2.61. The second-order valence-electron chi connectivity index (χ2n) is 0.540. The van der Waals surface area contributed by atoms with Gasteiger partial charge >= 0.3 is 37.7 Å². The van der Waals surface area contributed by atoms with E-state index in [1.54, 1.807) is 0 Å². The molecule has 6 heteroatoms. The number of nitrogens with two attached hydrogens (primary N) is 1. The standard InChI is InChI=1S/Ca.H4NO3P/c;1-5(2,3)4/h;(H4,1,2,3,4)/q+2;/p-2. The van der Waals surface area contributed by atoms with Crippen LogP contribution in [-0.4, -0.2) is 37.7 Å². The van der Waals surface area contributed by atoms with Crippen LogP contribution in [-0.2, 0) is 4.57 Å². The van der Waals surface area contributed by atoms with Crippen LogP contribution in [0, 0.1) is 0 Å². The molecule has 0 fully saturated rings. The fraction of sp³-hybridized carbons (Fsp3) is 0. The summed E-state index contributed by atoms with van der Waals surface area (Å²) >= 11 is 0. The van der Waals surface area contributed by atoms with E-state index in [0.717, 1.165) is 0 Å². The van der Waals surface area contributed by atoms with Gasteiger partial charge in [-0.05, 0) is 7.75 Å². The predicted molar refractivity (Wildman–Crippen MR) is 17.5 cm³/mol. The molecule has 0 amide bonds. The summed E-state index contributed by atoms with van der Waals surface area (Å²) in [6.45, 7) is 0. The van der Waals surface area contributed by atoms with E-state index in [2.05, 4.69) is 5.50 Å². The molecule has 4 nitrogen and oxygen atoms in total. The summed E-state index contributed by atoms with van der Waals surface area (Å²) in [5.41, 5.74) is 3.80. The Balaban J connectivity index is 0. The Morgan fingerprint density at radius 2 is 1.50 bits per heavy atom. The minimum Gasteiger partial charge on any atom is -0.799 e. The van der Waals surface area contributed by atoms with Gasteiger partial charge in [0.2, 0.25) is 0 Å². The fourth-order valence-corrected chi connectivity index (χ4v) is 0. The minimum absolute atomic E-state index is 0. The third-order valence-corrected chi connectivity index (χ3v) is 0. The van der Waals surface area contributed by atoms with Crippen molar-refractivity contribution in [2.75, 3.05) is 0 Å². The fourth-order valence-electron chi connectivity index (χ4n) is 0. The van der Waals surface area contributed by atoms with Gasteiger partial charge in [-0.1, -0.05) is 0 Å². The van der Waals surface area contributed by atoms with Gasteiger partial charge in [-0.25, -0.2) is 0 Å². The van der Waals surface area contributed by atoms with Gasteiger partial charge in [0, 0.05) is 0 Å². The van der Waals surface area contributed by atoms with Crippen molar-refractivity contribution < 1.29 is 14.4 Å². The molecule has 0 saturated carbocycles. The summed E-state index contributed by atoms with van der Waals surface area (Å²) < 4.78 is 8.88. The van der Waals surface area contributed by atoms with Gasteiger partial charge in [-0.3, -0.25) is 0 Å². The van der Waals surface area contributed by atoms with E-state index >= 15 is 0 Å². The van der Waals surface area contributed by atoms with Crippen LogP contribution < -0.4 is 15.3 Å². The van der Waals surface area contributed by atoms with E-state index in [-0.39, 0.29) is 37.7 Å². The zero-order valence-electron chi connectivity index (χ0n) is 2.96. The Morgan fingerprint density at radius 1 is 1.50 bits per heavy atom. The van der Waals surface area contributed by atoms with Gasteiger partial charge in [0.1, 0.15) is 0 Å². The van der Waals surface area contributed by atoms with Gasteiger partial charge in [0.15, 0.2) is 0 Å². The number of rotatable bonds is 0. The summed E-state index contributed by atoms with van der Waals surface area (Å²) in [4.78, 5) is 17.8. The zero-order chi connectivity index (χ0) is 4.50. The minimum atomic E-state index is -4.64. The topological polar surface area (TPSA) is 89.2 Å². The summed E-state index contributed by atoms with van der Waals surface area (Å²) in [6.07, 6.45) is 0. The molecular weight excluding hydrogens is 133 g/mol. The molecule has 0 aliphatic heterocycles. The molecule has 0 radical (unpaired) electrons. The van der Waals surface area contributed by atoms with Gasteiger partial charge in [0.05, 0.1) is 0 Å². The van der Waals surface area contributed by atoms with Crippen molar-refractivity contribution in [3.8, 4) is 0 Å². The van der Waals surface area contributed by atoms with Crippen LogP contribution in [0.4, 0.5) is 0 Å². The number of hydrogen-bond donors (Lipinski definition) is 1. The second-order valence-corrected chi connectivity index (χ2v) is 1.62. The van der Waals surface area contributed by atoms with Crippen molar-refractivity contribution in [3.63, 3.8) is 0 Å². The average Bonchev–Trinajstić information content (AvgIpc) is 0.722. The molecule has 0 heterocycles. The summed E-state index contributed by atoms with van der Waals surface area (Å²) in [5, 5.41) is 0. The normalized spacial score (nSPS) is 9.83. The molecule has 6 heavy (non-hydrogen) atoms. The third-order valence-electron chi connectivity index (χ3n) is 0. The van der Waals surface area contributed by atoms with E-state index in [1.165, 1.54) is 0 Å². The molecule has 32 valence electrons. The maximum Gasteiger partial charge on any atom is 2.00 e. The molecule has 0 aromatic rings. The van der Waals surface area contributed by atoms with Crippen molar-refractivity contribution in [2.24, 2.45) is 5.50 Å². The molecule has 0 atom stereocenters. The summed E-state index contributed by atoms with van der Waals surface area (Å²) in [6, 6.07) is 0. The molecular formula is H2CaNO3P. The molecule has 0 spiro atoms. The van der Waals surface area contributed by atoms with E-state index < -0.39 is 7.75 Å². The summed E-state index contributed by atoms with van der Waals surface area (Å²) in [5.74, 6) is 0. The van der Waals surface area contributed by atoms with Crippen molar-refractivity contribution in [3.05, 3.63) is 0 Å². The second kappa shape index (κ2) is 3.38. The number of hydrogen-bond acceptors (Lipinski definition) is 3. The molecule has 0 unspecified atom stereocenters. The van der Waals surface area contributed by atoms with E-state index in [9.17, 15) is 0 Å². The van der Waals surface area contributed by atoms with Crippen molar-refractivity contribution in [1.29, 1.82) is 0 Å². The maximum atomic E-state index is 8.88. The van der Waals surface area contributed by atoms with Crippen LogP contribution in [0.3, 0.4) is 0 Å². The van der Waals surface area contributed by atoms with E-state index in [0.29, 0.717) is 0 Å². The summed E-state index contributed by atoms with van der Waals surface area (Å²) in [7, 11) is -4.64. The Labute approximate surface area is 64.9 Å². The van der Waals surface area contributed by atoms with E-state index in [1.807, 2.05) is 0 Å². The third kappa shape index (κ3) is 54.6. The molecule has 0 aromatic carbocycles. The van der Waals surface area contributed by atoms with Crippen LogP contribution >= 0.6 is 7.75 Å². The van der Waals surface area contributed by atoms with Gasteiger partial charge in [0.25, 0.3) is 0 Å². The Bertz CT molecular complexity index is 56.9. The molecule has 0 saturated heterocycles. The SMILES string of the molecule is NP(=O)([O-])[O-].[Ca+2]. The van der Waals surface area contributed by atoms with Crippen LogP contribution in [0.5, 0.6) is 0 Å². The molecule has 2 N–H and O–H groups in total. The molecule has 0 aliphatic rings. The van der Waals surface area contributed by atoms with Crippen LogP contribution in [0.1, 0.15) is 0 Å². The van der Waals surface area contributed by atoms with Crippen LogP contribution in [0.2, 0.25) is 0 Å².